The highest BCUT2D eigenvalue weighted by Crippen LogP contribution is 2.36. The molecule has 1 aromatic rings. The molecule has 1 unspecified atom stereocenters. The standard InChI is InChI=1S/C15H17N3O5/c1-15(9-18(22)23,10-7-5-4-6-8-10)11-12(19)16(2)14(21)17(3)13(11)20/h4-8,11H,9H2,1-3H3. The monoisotopic (exact) mass is 319 g/mol. The van der Waals surface area contributed by atoms with Gasteiger partial charge in [-0.2, -0.15) is 0 Å². The SMILES string of the molecule is CN1C(=O)C(C(C)(C[N+](=O)[O-])c2ccccc2)C(=O)N(C)C1=O. The van der Waals surface area contributed by atoms with Gasteiger partial charge in [0.2, 0.25) is 18.4 Å². The van der Waals surface area contributed by atoms with Gasteiger partial charge in [0.15, 0.2) is 0 Å². The second kappa shape index (κ2) is 5.79. The average Bonchev–Trinajstić information content (AvgIpc) is 2.51. The fourth-order valence-corrected chi connectivity index (χ4v) is 2.89. The van der Waals surface area contributed by atoms with Crippen molar-refractivity contribution in [1.82, 2.24) is 9.80 Å². The number of rotatable bonds is 4. The number of urea groups is 1. The lowest BCUT2D eigenvalue weighted by Gasteiger charge is -2.40. The summed E-state index contributed by atoms with van der Waals surface area (Å²) in [5.41, 5.74) is -0.859. The molecule has 8 nitrogen and oxygen atoms in total. The summed E-state index contributed by atoms with van der Waals surface area (Å²) in [6.07, 6.45) is 0. The van der Waals surface area contributed by atoms with Crippen molar-refractivity contribution in [3.8, 4) is 0 Å². The number of nitrogens with zero attached hydrogens (tertiary/aromatic N) is 3. The fraction of sp³-hybridized carbons (Fsp3) is 0.400. The van der Waals surface area contributed by atoms with E-state index in [-0.39, 0.29) is 0 Å². The molecule has 1 saturated heterocycles. The van der Waals surface area contributed by atoms with E-state index in [1.165, 1.54) is 21.0 Å². The molecule has 0 bridgehead atoms. The van der Waals surface area contributed by atoms with Crippen LogP contribution in [0.25, 0.3) is 0 Å². The Morgan fingerprint density at radius 2 is 1.57 bits per heavy atom. The number of hydrogen-bond donors (Lipinski definition) is 0. The molecule has 4 amide bonds. The predicted octanol–water partition coefficient (Wildman–Crippen LogP) is 0.888. The first-order valence-electron chi connectivity index (χ1n) is 6.96. The highest BCUT2D eigenvalue weighted by molar-refractivity contribution is 6.16. The molecule has 1 aromatic carbocycles. The number of imide groups is 2. The van der Waals surface area contributed by atoms with Gasteiger partial charge in [-0.05, 0) is 12.5 Å². The van der Waals surface area contributed by atoms with Crippen LogP contribution < -0.4 is 0 Å². The van der Waals surface area contributed by atoms with Crippen LogP contribution in [0.4, 0.5) is 4.79 Å². The lowest BCUT2D eigenvalue weighted by molar-refractivity contribution is -0.491. The Morgan fingerprint density at radius 1 is 1.09 bits per heavy atom. The van der Waals surface area contributed by atoms with E-state index < -0.39 is 40.6 Å². The Hall–Kier alpha value is -2.77. The van der Waals surface area contributed by atoms with Crippen LogP contribution in [0.3, 0.4) is 0 Å². The van der Waals surface area contributed by atoms with E-state index in [9.17, 15) is 24.5 Å². The second-order valence-corrected chi connectivity index (χ2v) is 5.78. The lowest BCUT2D eigenvalue weighted by Crippen LogP contribution is -2.62. The summed E-state index contributed by atoms with van der Waals surface area (Å²) in [6, 6.07) is 7.64. The molecule has 0 radical (unpaired) electrons. The lowest BCUT2D eigenvalue weighted by atomic mass is 9.69. The van der Waals surface area contributed by atoms with E-state index >= 15 is 0 Å². The first-order chi connectivity index (χ1) is 10.7. The number of carbonyl (C=O) groups excluding carboxylic acids is 3. The van der Waals surface area contributed by atoms with Crippen LogP contribution in [0.2, 0.25) is 0 Å². The molecule has 1 aliphatic rings. The number of amides is 4. The van der Waals surface area contributed by atoms with E-state index in [0.717, 1.165) is 9.80 Å². The quantitative estimate of drug-likeness (QED) is 0.466. The van der Waals surface area contributed by atoms with Gasteiger partial charge in [0, 0.05) is 19.0 Å². The number of nitro groups is 1. The molecule has 23 heavy (non-hydrogen) atoms. The summed E-state index contributed by atoms with van der Waals surface area (Å²) >= 11 is 0. The summed E-state index contributed by atoms with van der Waals surface area (Å²) in [6.45, 7) is 0.901. The summed E-state index contributed by atoms with van der Waals surface area (Å²) in [5, 5.41) is 11.2. The maximum atomic E-state index is 12.5. The minimum atomic E-state index is -1.36. The van der Waals surface area contributed by atoms with Crippen molar-refractivity contribution in [3.63, 3.8) is 0 Å². The zero-order valence-corrected chi connectivity index (χ0v) is 13.1. The molecule has 8 heteroatoms. The Balaban J connectivity index is 2.59. The van der Waals surface area contributed by atoms with E-state index in [2.05, 4.69) is 0 Å². The van der Waals surface area contributed by atoms with Crippen molar-refractivity contribution < 1.29 is 19.3 Å². The molecule has 0 spiro atoms. The van der Waals surface area contributed by atoms with Gasteiger partial charge in [0.05, 0.1) is 5.41 Å². The summed E-state index contributed by atoms with van der Waals surface area (Å²) in [7, 11) is 2.52. The van der Waals surface area contributed by atoms with Gasteiger partial charge in [-0.25, -0.2) is 4.79 Å². The molecule has 1 fully saturated rings. The molecule has 0 aromatic heterocycles. The number of carbonyl (C=O) groups is 3. The van der Waals surface area contributed by atoms with Crippen molar-refractivity contribution in [2.45, 2.75) is 12.3 Å². The van der Waals surface area contributed by atoms with Gasteiger partial charge in [0.1, 0.15) is 5.92 Å². The van der Waals surface area contributed by atoms with Crippen LogP contribution in [0, 0.1) is 16.0 Å². The first kappa shape index (κ1) is 16.6. The maximum absolute atomic E-state index is 12.5. The Bertz CT molecular complexity index is 651. The van der Waals surface area contributed by atoms with Gasteiger partial charge >= 0.3 is 6.03 Å². The molecule has 122 valence electrons. The number of benzene rings is 1. The van der Waals surface area contributed by atoms with Crippen LogP contribution in [-0.4, -0.2) is 53.2 Å². The van der Waals surface area contributed by atoms with Crippen LogP contribution in [0.5, 0.6) is 0 Å². The van der Waals surface area contributed by atoms with Crippen LogP contribution >= 0.6 is 0 Å². The van der Waals surface area contributed by atoms with Crippen LogP contribution in [-0.2, 0) is 15.0 Å². The summed E-state index contributed by atoms with van der Waals surface area (Å²) < 4.78 is 0. The average molecular weight is 319 g/mol. The highest BCUT2D eigenvalue weighted by atomic mass is 16.6. The van der Waals surface area contributed by atoms with Crippen LogP contribution in [0.15, 0.2) is 30.3 Å². The second-order valence-electron chi connectivity index (χ2n) is 5.78. The number of hydrogen-bond acceptors (Lipinski definition) is 5. The molecule has 1 aliphatic heterocycles. The van der Waals surface area contributed by atoms with Crippen molar-refractivity contribution in [2.24, 2.45) is 5.92 Å². The molecule has 2 rings (SSSR count). The Morgan fingerprint density at radius 3 is 2.00 bits per heavy atom. The zero-order chi connectivity index (χ0) is 17.4. The maximum Gasteiger partial charge on any atom is 0.332 e. The third-order valence-corrected chi connectivity index (χ3v) is 4.26. The largest absolute Gasteiger partial charge is 0.332 e. The molecular weight excluding hydrogens is 302 g/mol. The normalized spacial score (nSPS) is 19.0. The van der Waals surface area contributed by atoms with E-state index in [0.29, 0.717) is 5.56 Å². The van der Waals surface area contributed by atoms with Crippen molar-refractivity contribution in [3.05, 3.63) is 46.0 Å². The molecular formula is C15H17N3O5. The minimum absolute atomic E-state index is 0.500. The van der Waals surface area contributed by atoms with Gasteiger partial charge in [-0.15, -0.1) is 0 Å². The zero-order valence-electron chi connectivity index (χ0n) is 13.1. The Labute approximate surface area is 132 Å². The molecule has 0 aliphatic carbocycles. The third kappa shape index (κ3) is 2.67. The molecule has 0 saturated carbocycles. The van der Waals surface area contributed by atoms with Crippen molar-refractivity contribution in [2.75, 3.05) is 20.6 Å². The molecule has 1 heterocycles. The van der Waals surface area contributed by atoms with Gasteiger partial charge in [-0.1, -0.05) is 30.3 Å². The smallest absolute Gasteiger partial charge is 0.273 e. The van der Waals surface area contributed by atoms with Gasteiger partial charge in [0.25, 0.3) is 0 Å². The topological polar surface area (TPSA) is 101 Å². The molecule has 0 N–H and O–H groups in total. The summed E-state index contributed by atoms with van der Waals surface area (Å²) in [5.74, 6) is -2.79. The minimum Gasteiger partial charge on any atom is -0.273 e. The van der Waals surface area contributed by atoms with E-state index in [1.54, 1.807) is 30.3 Å². The Kier molecular flexibility index (Phi) is 4.18. The molecule has 1 atom stereocenters. The van der Waals surface area contributed by atoms with Crippen molar-refractivity contribution >= 4 is 17.8 Å². The van der Waals surface area contributed by atoms with E-state index in [1.807, 2.05) is 0 Å². The predicted molar refractivity (Wildman–Crippen MR) is 80.1 cm³/mol. The van der Waals surface area contributed by atoms with Crippen LogP contribution in [0.1, 0.15) is 12.5 Å². The number of barbiturate groups is 1. The fourth-order valence-electron chi connectivity index (χ4n) is 2.89. The summed E-state index contributed by atoms with van der Waals surface area (Å²) in [4.78, 5) is 49.2. The van der Waals surface area contributed by atoms with Crippen molar-refractivity contribution in [1.29, 1.82) is 0 Å². The van der Waals surface area contributed by atoms with Gasteiger partial charge < -0.3 is 0 Å². The van der Waals surface area contributed by atoms with E-state index in [4.69, 9.17) is 0 Å². The van der Waals surface area contributed by atoms with Gasteiger partial charge in [-0.3, -0.25) is 29.5 Å². The third-order valence-electron chi connectivity index (χ3n) is 4.26. The highest BCUT2D eigenvalue weighted by Gasteiger charge is 2.55. The first-order valence-corrected chi connectivity index (χ1v) is 6.96.